The summed E-state index contributed by atoms with van der Waals surface area (Å²) in [7, 11) is 2.07. The van der Waals surface area contributed by atoms with E-state index in [0.717, 1.165) is 5.92 Å². The van der Waals surface area contributed by atoms with Crippen LogP contribution in [0.15, 0.2) is 42.5 Å². The van der Waals surface area contributed by atoms with Crippen LogP contribution in [0, 0.1) is 5.92 Å². The third-order valence-corrected chi connectivity index (χ3v) is 3.56. The molecule has 1 fully saturated rings. The van der Waals surface area contributed by atoms with Crippen molar-refractivity contribution in [2.45, 2.75) is 18.9 Å². The van der Waals surface area contributed by atoms with Gasteiger partial charge in [-0.2, -0.15) is 0 Å². The van der Waals surface area contributed by atoms with Crippen molar-refractivity contribution in [1.82, 2.24) is 5.32 Å². The third kappa shape index (κ3) is 1.61. The van der Waals surface area contributed by atoms with Gasteiger partial charge in [0.15, 0.2) is 0 Å². The Morgan fingerprint density at radius 3 is 2.56 bits per heavy atom. The van der Waals surface area contributed by atoms with Gasteiger partial charge in [-0.15, -0.1) is 0 Å². The molecule has 1 aliphatic carbocycles. The van der Waals surface area contributed by atoms with Gasteiger partial charge < -0.3 is 5.32 Å². The number of fused-ring (bicyclic) bond motifs is 1. The summed E-state index contributed by atoms with van der Waals surface area (Å²) in [6.45, 7) is 0. The smallest absolute Gasteiger partial charge is 0.0352 e. The van der Waals surface area contributed by atoms with Crippen LogP contribution in [0.25, 0.3) is 10.8 Å². The van der Waals surface area contributed by atoms with Gasteiger partial charge in [-0.3, -0.25) is 0 Å². The van der Waals surface area contributed by atoms with Crippen LogP contribution in [-0.2, 0) is 0 Å². The first-order valence-corrected chi connectivity index (χ1v) is 6.05. The van der Waals surface area contributed by atoms with Crippen molar-refractivity contribution >= 4 is 10.8 Å². The lowest BCUT2D eigenvalue weighted by Gasteiger charge is -2.18. The first-order valence-electron chi connectivity index (χ1n) is 6.05. The Labute approximate surface area is 96.5 Å². The van der Waals surface area contributed by atoms with Gasteiger partial charge >= 0.3 is 0 Å². The lowest BCUT2D eigenvalue weighted by molar-refractivity contribution is 0.532. The Balaban J connectivity index is 2.14. The normalized spacial score (nSPS) is 17.6. The van der Waals surface area contributed by atoms with E-state index in [0.29, 0.717) is 6.04 Å². The molecule has 1 aliphatic rings. The minimum absolute atomic E-state index is 0.533. The van der Waals surface area contributed by atoms with Crippen LogP contribution in [0.2, 0.25) is 0 Å². The molecule has 0 aliphatic heterocycles. The van der Waals surface area contributed by atoms with Crippen molar-refractivity contribution in [1.29, 1.82) is 0 Å². The lowest BCUT2D eigenvalue weighted by atomic mass is 9.96. The molecule has 3 rings (SSSR count). The highest BCUT2D eigenvalue weighted by atomic mass is 14.9. The Morgan fingerprint density at radius 1 is 1.06 bits per heavy atom. The van der Waals surface area contributed by atoms with Crippen molar-refractivity contribution < 1.29 is 0 Å². The summed E-state index contributed by atoms with van der Waals surface area (Å²) in [4.78, 5) is 0. The molecule has 0 heterocycles. The van der Waals surface area contributed by atoms with Gasteiger partial charge in [0.2, 0.25) is 0 Å². The molecule has 0 aromatic heterocycles. The van der Waals surface area contributed by atoms with Crippen molar-refractivity contribution in [2.24, 2.45) is 5.92 Å². The maximum Gasteiger partial charge on any atom is 0.0352 e. The summed E-state index contributed by atoms with van der Waals surface area (Å²) in [5.74, 6) is 0.843. The molecular formula is C15H17N. The fourth-order valence-electron chi connectivity index (χ4n) is 2.60. The zero-order chi connectivity index (χ0) is 11.0. The largest absolute Gasteiger partial charge is 0.313 e. The summed E-state index contributed by atoms with van der Waals surface area (Å²) in [6, 6.07) is 15.8. The highest BCUT2D eigenvalue weighted by Crippen LogP contribution is 2.42. The predicted octanol–water partition coefficient (Wildman–Crippen LogP) is 3.51. The molecule has 0 amide bonds. The SMILES string of the molecule is CNC(c1cccc2ccccc12)C1CC1. The molecule has 1 unspecified atom stereocenters. The predicted molar refractivity (Wildman–Crippen MR) is 68.5 cm³/mol. The minimum atomic E-state index is 0.533. The molecule has 2 aromatic rings. The van der Waals surface area contributed by atoms with Crippen LogP contribution < -0.4 is 5.32 Å². The molecule has 1 nitrogen and oxygen atoms in total. The summed E-state index contributed by atoms with van der Waals surface area (Å²) in [5.41, 5.74) is 1.46. The molecule has 1 saturated carbocycles. The highest BCUT2D eigenvalue weighted by molar-refractivity contribution is 5.86. The fraction of sp³-hybridized carbons (Fsp3) is 0.333. The molecular weight excluding hydrogens is 194 g/mol. The van der Waals surface area contributed by atoms with E-state index in [1.165, 1.54) is 29.2 Å². The van der Waals surface area contributed by atoms with Crippen molar-refractivity contribution in [3.05, 3.63) is 48.0 Å². The molecule has 16 heavy (non-hydrogen) atoms. The zero-order valence-electron chi connectivity index (χ0n) is 9.61. The van der Waals surface area contributed by atoms with Gasteiger partial charge in [-0.1, -0.05) is 42.5 Å². The summed E-state index contributed by atoms with van der Waals surface area (Å²) in [5, 5.41) is 6.22. The second-order valence-electron chi connectivity index (χ2n) is 4.67. The van der Waals surface area contributed by atoms with E-state index in [-0.39, 0.29) is 0 Å². The number of hydrogen-bond donors (Lipinski definition) is 1. The average molecular weight is 211 g/mol. The second-order valence-corrected chi connectivity index (χ2v) is 4.67. The van der Waals surface area contributed by atoms with Gasteiger partial charge in [0, 0.05) is 6.04 Å². The van der Waals surface area contributed by atoms with E-state index in [1.54, 1.807) is 0 Å². The van der Waals surface area contributed by atoms with Crippen LogP contribution in [0.4, 0.5) is 0 Å². The molecule has 0 spiro atoms. The Morgan fingerprint density at radius 2 is 1.81 bits per heavy atom. The second kappa shape index (κ2) is 3.91. The fourth-order valence-corrected chi connectivity index (χ4v) is 2.60. The third-order valence-electron chi connectivity index (χ3n) is 3.56. The highest BCUT2D eigenvalue weighted by Gasteiger charge is 2.31. The van der Waals surface area contributed by atoms with Crippen molar-refractivity contribution in [2.75, 3.05) is 7.05 Å². The average Bonchev–Trinajstić information content (AvgIpc) is 3.15. The van der Waals surface area contributed by atoms with Crippen LogP contribution in [0.1, 0.15) is 24.4 Å². The van der Waals surface area contributed by atoms with Gasteiger partial charge in [-0.25, -0.2) is 0 Å². The van der Waals surface area contributed by atoms with Crippen LogP contribution >= 0.6 is 0 Å². The zero-order valence-corrected chi connectivity index (χ0v) is 9.61. The van der Waals surface area contributed by atoms with Crippen molar-refractivity contribution in [3.63, 3.8) is 0 Å². The molecule has 2 aromatic carbocycles. The summed E-state index contributed by atoms with van der Waals surface area (Å²) >= 11 is 0. The molecule has 1 heteroatoms. The number of benzene rings is 2. The molecule has 1 atom stereocenters. The van der Waals surface area contributed by atoms with Crippen molar-refractivity contribution in [3.8, 4) is 0 Å². The lowest BCUT2D eigenvalue weighted by Crippen LogP contribution is -2.18. The van der Waals surface area contributed by atoms with Crippen LogP contribution in [0.3, 0.4) is 0 Å². The van der Waals surface area contributed by atoms with E-state index < -0.39 is 0 Å². The first-order chi connectivity index (χ1) is 7.90. The number of rotatable bonds is 3. The van der Waals surface area contributed by atoms with Gasteiger partial charge in [-0.05, 0) is 42.1 Å². The van der Waals surface area contributed by atoms with Gasteiger partial charge in [0.05, 0.1) is 0 Å². The standard InChI is InChI=1S/C15H17N/c1-16-15(12-9-10-12)14-8-4-6-11-5-2-3-7-13(11)14/h2-8,12,15-16H,9-10H2,1H3. The van der Waals surface area contributed by atoms with E-state index in [4.69, 9.17) is 0 Å². The van der Waals surface area contributed by atoms with E-state index in [2.05, 4.69) is 54.8 Å². The molecule has 0 radical (unpaired) electrons. The Kier molecular flexibility index (Phi) is 2.41. The maximum atomic E-state index is 3.47. The maximum absolute atomic E-state index is 3.47. The first kappa shape index (κ1) is 9.86. The molecule has 0 bridgehead atoms. The van der Waals surface area contributed by atoms with Gasteiger partial charge in [0.1, 0.15) is 0 Å². The number of hydrogen-bond acceptors (Lipinski definition) is 1. The minimum Gasteiger partial charge on any atom is -0.313 e. The van der Waals surface area contributed by atoms with Crippen LogP contribution in [0.5, 0.6) is 0 Å². The molecule has 1 N–H and O–H groups in total. The van der Waals surface area contributed by atoms with E-state index in [1.807, 2.05) is 0 Å². The molecule has 0 saturated heterocycles. The van der Waals surface area contributed by atoms with Crippen LogP contribution in [-0.4, -0.2) is 7.05 Å². The van der Waals surface area contributed by atoms with E-state index >= 15 is 0 Å². The number of nitrogens with one attached hydrogen (secondary N) is 1. The van der Waals surface area contributed by atoms with E-state index in [9.17, 15) is 0 Å². The summed E-state index contributed by atoms with van der Waals surface area (Å²) < 4.78 is 0. The quantitative estimate of drug-likeness (QED) is 0.819. The van der Waals surface area contributed by atoms with Gasteiger partial charge in [0.25, 0.3) is 0 Å². The monoisotopic (exact) mass is 211 g/mol. The topological polar surface area (TPSA) is 12.0 Å². The summed E-state index contributed by atoms with van der Waals surface area (Å²) in [6.07, 6.45) is 2.74. The Hall–Kier alpha value is -1.34. The molecule has 82 valence electrons. The Bertz CT molecular complexity index is 494.